The molecule has 6 nitrogen and oxygen atoms in total. The summed E-state index contributed by atoms with van der Waals surface area (Å²) in [5.74, 6) is 2.04. The molecule has 0 atom stereocenters. The Hall–Kier alpha value is -4.47. The molecule has 0 saturated carbocycles. The summed E-state index contributed by atoms with van der Waals surface area (Å²) >= 11 is 5.95. The lowest BCUT2D eigenvalue weighted by atomic mass is 10.1. The van der Waals surface area contributed by atoms with Crippen molar-refractivity contribution in [3.8, 4) is 23.3 Å². The van der Waals surface area contributed by atoms with Crippen molar-refractivity contribution < 1.29 is 9.47 Å². The van der Waals surface area contributed by atoms with E-state index in [9.17, 15) is 5.26 Å². The first-order chi connectivity index (χ1) is 17.9. The summed E-state index contributed by atoms with van der Waals surface area (Å²) in [4.78, 5) is 7.83. The molecule has 2 heterocycles. The van der Waals surface area contributed by atoms with Crippen LogP contribution >= 0.6 is 11.6 Å². The molecule has 0 unspecified atom stereocenters. The quantitative estimate of drug-likeness (QED) is 0.234. The van der Waals surface area contributed by atoms with Gasteiger partial charge in [0.25, 0.3) is 0 Å². The smallest absolute Gasteiger partial charge is 0.149 e. The molecular formula is C30H25ClN4O2. The van der Waals surface area contributed by atoms with Crippen molar-refractivity contribution in [1.29, 1.82) is 5.26 Å². The van der Waals surface area contributed by atoms with Crippen molar-refractivity contribution in [3.05, 3.63) is 106 Å². The van der Waals surface area contributed by atoms with Gasteiger partial charge in [0, 0.05) is 28.2 Å². The topological polar surface area (TPSA) is 75.9 Å². The van der Waals surface area contributed by atoms with Crippen LogP contribution in [0.3, 0.4) is 0 Å². The molecule has 0 amide bonds. The van der Waals surface area contributed by atoms with Crippen molar-refractivity contribution >= 4 is 34.3 Å². The molecule has 2 aromatic heterocycles. The molecule has 1 N–H and O–H groups in total. The van der Waals surface area contributed by atoms with E-state index in [0.717, 1.165) is 50.7 Å². The Morgan fingerprint density at radius 2 is 1.76 bits per heavy atom. The van der Waals surface area contributed by atoms with Crippen LogP contribution in [-0.2, 0) is 6.61 Å². The van der Waals surface area contributed by atoms with Crippen LogP contribution in [0.25, 0.3) is 28.4 Å². The maximum absolute atomic E-state index is 9.90. The third kappa shape index (κ3) is 5.09. The van der Waals surface area contributed by atoms with Gasteiger partial charge in [-0.25, -0.2) is 4.98 Å². The number of methoxy groups -OCH3 is 1. The number of nitriles is 1. The monoisotopic (exact) mass is 508 g/mol. The summed E-state index contributed by atoms with van der Waals surface area (Å²) in [5.41, 5.74) is 7.17. The Kier molecular flexibility index (Phi) is 6.72. The van der Waals surface area contributed by atoms with Crippen molar-refractivity contribution in [2.24, 2.45) is 0 Å². The summed E-state index contributed by atoms with van der Waals surface area (Å²) in [6.07, 6.45) is 1.87. The first kappa shape index (κ1) is 24.2. The molecule has 0 aliphatic heterocycles. The highest BCUT2D eigenvalue weighted by Gasteiger charge is 2.13. The molecule has 5 rings (SSSR count). The number of allylic oxidation sites excluding steroid dienone is 1. The van der Waals surface area contributed by atoms with E-state index in [2.05, 4.69) is 33.6 Å². The van der Waals surface area contributed by atoms with E-state index in [-0.39, 0.29) is 0 Å². The zero-order valence-corrected chi connectivity index (χ0v) is 21.5. The Morgan fingerprint density at radius 1 is 1.03 bits per heavy atom. The van der Waals surface area contributed by atoms with Gasteiger partial charge in [0.2, 0.25) is 0 Å². The second kappa shape index (κ2) is 10.3. The van der Waals surface area contributed by atoms with E-state index in [1.807, 2.05) is 79.7 Å². The van der Waals surface area contributed by atoms with Gasteiger partial charge >= 0.3 is 0 Å². The molecule has 0 aliphatic rings. The van der Waals surface area contributed by atoms with Gasteiger partial charge in [0.1, 0.15) is 30.0 Å². The number of hydrogen-bond acceptors (Lipinski definition) is 4. The zero-order chi connectivity index (χ0) is 25.9. The van der Waals surface area contributed by atoms with Crippen LogP contribution < -0.4 is 9.47 Å². The number of hydrogen-bond donors (Lipinski definition) is 1. The van der Waals surface area contributed by atoms with Gasteiger partial charge in [-0.15, -0.1) is 0 Å². The summed E-state index contributed by atoms with van der Waals surface area (Å²) in [5, 5.41) is 10.6. The maximum atomic E-state index is 9.90. The van der Waals surface area contributed by atoms with Crippen LogP contribution in [0.1, 0.15) is 28.3 Å². The summed E-state index contributed by atoms with van der Waals surface area (Å²) in [6, 6.07) is 25.6. The highest BCUT2D eigenvalue weighted by Crippen LogP contribution is 2.27. The van der Waals surface area contributed by atoms with Crippen molar-refractivity contribution in [2.75, 3.05) is 7.11 Å². The fourth-order valence-corrected chi connectivity index (χ4v) is 4.45. The Bertz CT molecular complexity index is 1640. The number of aromatic amines is 1. The number of imidazole rings is 1. The predicted octanol–water partition coefficient (Wildman–Crippen LogP) is 7.28. The molecule has 0 saturated heterocycles. The summed E-state index contributed by atoms with van der Waals surface area (Å²) in [6.45, 7) is 4.57. The number of rotatable bonds is 7. The predicted molar refractivity (Wildman–Crippen MR) is 147 cm³/mol. The number of aryl methyl sites for hydroxylation is 1. The number of halogens is 1. The standard InChI is InChI=1S/C30H25ClN4O2/c1-19-14-22(15-23(17-32)30-33-28-13-12-27(36-3)16-29(28)34-30)20(2)35(19)25-8-10-26(11-9-25)37-18-21-4-6-24(31)7-5-21/h4-16H,18H2,1-3H3,(H,33,34)/b23-15-. The van der Waals surface area contributed by atoms with E-state index in [0.29, 0.717) is 23.0 Å². The van der Waals surface area contributed by atoms with Crippen LogP contribution in [0, 0.1) is 25.2 Å². The van der Waals surface area contributed by atoms with Crippen LogP contribution in [0.4, 0.5) is 0 Å². The second-order valence-corrected chi connectivity index (χ2v) is 9.15. The third-order valence-corrected chi connectivity index (χ3v) is 6.50. The molecule has 0 bridgehead atoms. The fraction of sp³-hybridized carbons (Fsp3) is 0.133. The zero-order valence-electron chi connectivity index (χ0n) is 20.7. The summed E-state index contributed by atoms with van der Waals surface area (Å²) < 4.78 is 13.4. The van der Waals surface area contributed by atoms with Gasteiger partial charge < -0.3 is 19.0 Å². The van der Waals surface area contributed by atoms with E-state index >= 15 is 0 Å². The highest BCUT2D eigenvalue weighted by atomic mass is 35.5. The molecule has 3 aromatic carbocycles. The largest absolute Gasteiger partial charge is 0.497 e. The maximum Gasteiger partial charge on any atom is 0.149 e. The Morgan fingerprint density at radius 3 is 2.46 bits per heavy atom. The third-order valence-electron chi connectivity index (χ3n) is 6.25. The minimum Gasteiger partial charge on any atom is -0.497 e. The average molecular weight is 509 g/mol. The molecular weight excluding hydrogens is 484 g/mol. The minimum atomic E-state index is 0.460. The number of nitrogens with one attached hydrogen (secondary N) is 1. The first-order valence-electron chi connectivity index (χ1n) is 11.8. The lowest BCUT2D eigenvalue weighted by Gasteiger charge is -2.11. The number of fused-ring (bicyclic) bond motifs is 1. The van der Waals surface area contributed by atoms with Gasteiger partial charge in [-0.3, -0.25) is 0 Å². The molecule has 0 radical (unpaired) electrons. The SMILES string of the molecule is COc1ccc2nc(/C(C#N)=C\c3cc(C)n(-c4ccc(OCc5ccc(Cl)cc5)cc4)c3C)[nH]c2c1. The van der Waals surface area contributed by atoms with Crippen LogP contribution in [0.5, 0.6) is 11.5 Å². The average Bonchev–Trinajstić information content (AvgIpc) is 3.46. The molecule has 0 spiro atoms. The Balaban J connectivity index is 1.39. The van der Waals surface area contributed by atoms with Gasteiger partial charge in [0.05, 0.1) is 23.7 Å². The van der Waals surface area contributed by atoms with E-state index in [1.165, 1.54) is 0 Å². The first-order valence-corrected chi connectivity index (χ1v) is 12.2. The molecule has 37 heavy (non-hydrogen) atoms. The lowest BCUT2D eigenvalue weighted by Crippen LogP contribution is -2.00. The summed E-state index contributed by atoms with van der Waals surface area (Å²) in [7, 11) is 1.62. The number of ether oxygens (including phenoxy) is 2. The van der Waals surface area contributed by atoms with Crippen molar-refractivity contribution in [1.82, 2.24) is 14.5 Å². The van der Waals surface area contributed by atoms with Crippen molar-refractivity contribution in [3.63, 3.8) is 0 Å². The molecule has 7 heteroatoms. The lowest BCUT2D eigenvalue weighted by molar-refractivity contribution is 0.306. The second-order valence-electron chi connectivity index (χ2n) is 8.71. The molecule has 5 aromatic rings. The highest BCUT2D eigenvalue weighted by molar-refractivity contribution is 6.30. The Labute approximate surface area is 220 Å². The van der Waals surface area contributed by atoms with E-state index in [4.69, 9.17) is 21.1 Å². The molecule has 0 aliphatic carbocycles. The minimum absolute atomic E-state index is 0.460. The van der Waals surface area contributed by atoms with Crippen LogP contribution in [0.2, 0.25) is 5.02 Å². The number of nitrogens with zero attached hydrogens (tertiary/aromatic N) is 3. The molecule has 0 fully saturated rings. The van der Waals surface area contributed by atoms with Crippen LogP contribution in [-0.4, -0.2) is 21.6 Å². The molecule has 184 valence electrons. The fourth-order valence-electron chi connectivity index (χ4n) is 4.32. The normalized spacial score (nSPS) is 11.5. The van der Waals surface area contributed by atoms with E-state index in [1.54, 1.807) is 7.11 Å². The van der Waals surface area contributed by atoms with Crippen LogP contribution in [0.15, 0.2) is 72.8 Å². The van der Waals surface area contributed by atoms with Gasteiger partial charge in [-0.05, 0) is 85.6 Å². The van der Waals surface area contributed by atoms with Gasteiger partial charge in [-0.1, -0.05) is 23.7 Å². The van der Waals surface area contributed by atoms with E-state index < -0.39 is 0 Å². The van der Waals surface area contributed by atoms with Crippen molar-refractivity contribution in [2.45, 2.75) is 20.5 Å². The number of aromatic nitrogens is 3. The van der Waals surface area contributed by atoms with Gasteiger partial charge in [0.15, 0.2) is 0 Å². The van der Waals surface area contributed by atoms with Gasteiger partial charge in [-0.2, -0.15) is 5.26 Å². The number of H-pyrrole nitrogens is 1. The number of benzene rings is 3.